The van der Waals surface area contributed by atoms with Gasteiger partial charge in [0.05, 0.1) is 6.61 Å². The van der Waals surface area contributed by atoms with Gasteiger partial charge < -0.3 is 15.4 Å². The molecule has 106 valence electrons. The number of rotatable bonds is 6. The molecule has 1 fully saturated rings. The summed E-state index contributed by atoms with van der Waals surface area (Å²) in [6.45, 7) is 5.89. The molecule has 1 aliphatic heterocycles. The molecule has 0 spiro atoms. The second-order valence-corrected chi connectivity index (χ2v) is 5.22. The van der Waals surface area contributed by atoms with E-state index >= 15 is 0 Å². The van der Waals surface area contributed by atoms with Gasteiger partial charge in [-0.05, 0) is 45.3 Å². The molecule has 0 aliphatic carbocycles. The number of hydrogen-bond donors (Lipinski definition) is 1. The van der Waals surface area contributed by atoms with Crippen molar-refractivity contribution >= 4 is 0 Å². The van der Waals surface area contributed by atoms with Crippen LogP contribution in [0.2, 0.25) is 0 Å². The van der Waals surface area contributed by atoms with Crippen molar-refractivity contribution in [1.29, 1.82) is 0 Å². The van der Waals surface area contributed by atoms with Gasteiger partial charge in [-0.2, -0.15) is 0 Å². The van der Waals surface area contributed by atoms with E-state index in [0.29, 0.717) is 17.9 Å². The van der Waals surface area contributed by atoms with E-state index in [9.17, 15) is 4.39 Å². The highest BCUT2D eigenvalue weighted by Gasteiger charge is 2.11. The molecular weight excluding hydrogens is 243 g/mol. The zero-order valence-electron chi connectivity index (χ0n) is 11.6. The maximum Gasteiger partial charge on any atom is 0.131 e. The minimum atomic E-state index is -0.288. The van der Waals surface area contributed by atoms with Crippen LogP contribution in [0.3, 0.4) is 0 Å². The second-order valence-electron chi connectivity index (χ2n) is 5.22. The summed E-state index contributed by atoms with van der Waals surface area (Å²) in [7, 11) is 0. The van der Waals surface area contributed by atoms with Crippen molar-refractivity contribution in [1.82, 2.24) is 4.90 Å². The highest BCUT2D eigenvalue weighted by molar-refractivity contribution is 5.30. The number of hydrogen-bond acceptors (Lipinski definition) is 3. The molecule has 1 aromatic carbocycles. The molecule has 0 unspecified atom stereocenters. The molecule has 0 bridgehead atoms. The van der Waals surface area contributed by atoms with Gasteiger partial charge in [0.2, 0.25) is 0 Å². The molecule has 19 heavy (non-hydrogen) atoms. The van der Waals surface area contributed by atoms with Crippen LogP contribution in [-0.4, -0.2) is 31.1 Å². The Hall–Kier alpha value is -1.13. The van der Waals surface area contributed by atoms with Gasteiger partial charge in [-0.1, -0.05) is 6.07 Å². The van der Waals surface area contributed by atoms with Gasteiger partial charge in [0.1, 0.15) is 11.6 Å². The molecule has 2 rings (SSSR count). The van der Waals surface area contributed by atoms with Crippen molar-refractivity contribution < 1.29 is 9.13 Å². The summed E-state index contributed by atoms with van der Waals surface area (Å²) in [5.74, 6) is 0.301. The molecule has 1 atom stereocenters. The first-order chi connectivity index (χ1) is 9.16. The predicted molar refractivity (Wildman–Crippen MR) is 74.8 cm³/mol. The minimum absolute atomic E-state index is 0.285. The Kier molecular flexibility index (Phi) is 5.16. The first-order valence-corrected chi connectivity index (χ1v) is 7.07. The number of halogens is 1. The predicted octanol–water partition coefficient (Wildman–Crippen LogP) is 2.71. The lowest BCUT2D eigenvalue weighted by Gasteiger charge is -2.15. The monoisotopic (exact) mass is 266 g/mol. The van der Waals surface area contributed by atoms with E-state index in [0.717, 1.165) is 13.0 Å². The van der Waals surface area contributed by atoms with Gasteiger partial charge >= 0.3 is 0 Å². The third kappa shape index (κ3) is 4.18. The molecule has 1 aromatic rings. The molecule has 1 saturated heterocycles. The van der Waals surface area contributed by atoms with Gasteiger partial charge in [-0.15, -0.1) is 0 Å². The third-order valence-corrected chi connectivity index (χ3v) is 3.55. The van der Waals surface area contributed by atoms with E-state index in [-0.39, 0.29) is 11.9 Å². The molecule has 0 aromatic heterocycles. The summed E-state index contributed by atoms with van der Waals surface area (Å²) in [6.07, 6.45) is 3.60. The number of nitrogens with zero attached hydrogens (tertiary/aromatic N) is 1. The number of likely N-dealkylation sites (tertiary alicyclic amines) is 1. The lowest BCUT2D eigenvalue weighted by atomic mass is 10.1. The Labute approximate surface area is 114 Å². The van der Waals surface area contributed by atoms with E-state index in [1.807, 2.05) is 0 Å². The Balaban J connectivity index is 1.74. The van der Waals surface area contributed by atoms with Crippen LogP contribution in [0.25, 0.3) is 0 Å². The standard InChI is InChI=1S/C15H23FN2O/c1-12(17)14-6-5-13(11-15(14)16)19-10-4-9-18-7-2-3-8-18/h5-6,11-12H,2-4,7-10,17H2,1H3/t12-/m1/s1. The third-order valence-electron chi connectivity index (χ3n) is 3.55. The Morgan fingerprint density at radius 3 is 2.74 bits per heavy atom. The summed E-state index contributed by atoms with van der Waals surface area (Å²) < 4.78 is 19.3. The molecule has 0 amide bonds. The lowest BCUT2D eigenvalue weighted by Crippen LogP contribution is -2.21. The topological polar surface area (TPSA) is 38.5 Å². The van der Waals surface area contributed by atoms with E-state index in [1.165, 1.54) is 32.0 Å². The van der Waals surface area contributed by atoms with Crippen LogP contribution in [0, 0.1) is 5.82 Å². The fraction of sp³-hybridized carbons (Fsp3) is 0.600. The number of nitrogens with two attached hydrogens (primary N) is 1. The zero-order valence-corrected chi connectivity index (χ0v) is 11.6. The van der Waals surface area contributed by atoms with Crippen molar-refractivity contribution in [3.8, 4) is 5.75 Å². The summed E-state index contributed by atoms with van der Waals surface area (Å²) in [6, 6.07) is 4.63. The average Bonchev–Trinajstić information content (AvgIpc) is 2.87. The Bertz CT molecular complexity index is 403. The largest absolute Gasteiger partial charge is 0.493 e. The molecule has 1 aliphatic rings. The summed E-state index contributed by atoms with van der Waals surface area (Å²) in [5, 5.41) is 0. The SMILES string of the molecule is C[C@@H](N)c1ccc(OCCCN2CCCC2)cc1F. The van der Waals surface area contributed by atoms with Crippen LogP contribution in [0.5, 0.6) is 5.75 Å². The average molecular weight is 266 g/mol. The molecular formula is C15H23FN2O. The van der Waals surface area contributed by atoms with Gasteiger partial charge in [0, 0.05) is 24.2 Å². The van der Waals surface area contributed by atoms with Gasteiger partial charge in [-0.25, -0.2) is 4.39 Å². The van der Waals surface area contributed by atoms with Crippen molar-refractivity contribution in [2.75, 3.05) is 26.2 Å². The first-order valence-electron chi connectivity index (χ1n) is 7.07. The first kappa shape index (κ1) is 14.3. The van der Waals surface area contributed by atoms with E-state index in [1.54, 1.807) is 19.1 Å². The zero-order chi connectivity index (χ0) is 13.7. The van der Waals surface area contributed by atoms with Gasteiger partial charge in [-0.3, -0.25) is 0 Å². The van der Waals surface area contributed by atoms with Crippen molar-refractivity contribution in [3.05, 3.63) is 29.6 Å². The minimum Gasteiger partial charge on any atom is -0.493 e. The van der Waals surface area contributed by atoms with Crippen LogP contribution in [0.4, 0.5) is 4.39 Å². The lowest BCUT2D eigenvalue weighted by molar-refractivity contribution is 0.262. The molecule has 1 heterocycles. The van der Waals surface area contributed by atoms with E-state index in [4.69, 9.17) is 10.5 Å². The summed E-state index contributed by atoms with van der Waals surface area (Å²) >= 11 is 0. The Morgan fingerprint density at radius 1 is 1.37 bits per heavy atom. The molecule has 2 N–H and O–H groups in total. The fourth-order valence-electron chi connectivity index (χ4n) is 2.45. The highest BCUT2D eigenvalue weighted by atomic mass is 19.1. The molecule has 4 heteroatoms. The molecule has 0 radical (unpaired) electrons. The van der Waals surface area contributed by atoms with E-state index in [2.05, 4.69) is 4.90 Å². The van der Waals surface area contributed by atoms with Crippen molar-refractivity contribution in [2.45, 2.75) is 32.2 Å². The normalized spacial score (nSPS) is 17.6. The smallest absolute Gasteiger partial charge is 0.131 e. The summed E-state index contributed by atoms with van der Waals surface area (Å²) in [4.78, 5) is 2.45. The molecule has 0 saturated carbocycles. The van der Waals surface area contributed by atoms with E-state index < -0.39 is 0 Å². The second kappa shape index (κ2) is 6.87. The quantitative estimate of drug-likeness (QED) is 0.805. The van der Waals surface area contributed by atoms with Crippen molar-refractivity contribution in [2.24, 2.45) is 5.73 Å². The maximum absolute atomic E-state index is 13.7. The van der Waals surface area contributed by atoms with Crippen LogP contribution in [0.1, 0.15) is 37.8 Å². The van der Waals surface area contributed by atoms with Crippen LogP contribution >= 0.6 is 0 Å². The fourth-order valence-corrected chi connectivity index (χ4v) is 2.45. The maximum atomic E-state index is 13.7. The molecule has 3 nitrogen and oxygen atoms in total. The van der Waals surface area contributed by atoms with Crippen LogP contribution in [-0.2, 0) is 0 Å². The van der Waals surface area contributed by atoms with Gasteiger partial charge in [0.15, 0.2) is 0 Å². The summed E-state index contributed by atoms with van der Waals surface area (Å²) in [5.41, 5.74) is 6.20. The van der Waals surface area contributed by atoms with Gasteiger partial charge in [0.25, 0.3) is 0 Å². The van der Waals surface area contributed by atoms with Crippen molar-refractivity contribution in [3.63, 3.8) is 0 Å². The number of ether oxygens (including phenoxy) is 1. The van der Waals surface area contributed by atoms with Crippen LogP contribution in [0.15, 0.2) is 18.2 Å². The number of benzene rings is 1. The highest BCUT2D eigenvalue weighted by Crippen LogP contribution is 2.20. The van der Waals surface area contributed by atoms with Crippen LogP contribution < -0.4 is 10.5 Å². The Morgan fingerprint density at radius 2 is 2.11 bits per heavy atom.